The van der Waals surface area contributed by atoms with Gasteiger partial charge in [0, 0.05) is 44.0 Å². The van der Waals surface area contributed by atoms with Crippen LogP contribution in [-0.4, -0.2) is 47.4 Å². The molecule has 0 unspecified atom stereocenters. The number of anilines is 2. The van der Waals surface area contributed by atoms with Gasteiger partial charge in [0.05, 0.1) is 6.26 Å². The Labute approximate surface area is 231 Å². The lowest BCUT2D eigenvalue weighted by molar-refractivity contribution is -0.117. The molecule has 5 rings (SSSR count). The lowest BCUT2D eigenvalue weighted by Crippen LogP contribution is -2.48. The van der Waals surface area contributed by atoms with Crippen LogP contribution in [0.4, 0.5) is 11.5 Å². The van der Waals surface area contributed by atoms with Gasteiger partial charge in [-0.05, 0) is 80.3 Å². The number of aryl methyl sites for hydroxylation is 1. The van der Waals surface area contributed by atoms with E-state index in [1.165, 1.54) is 43.9 Å². The van der Waals surface area contributed by atoms with E-state index in [9.17, 15) is 9.59 Å². The van der Waals surface area contributed by atoms with Crippen molar-refractivity contribution in [3.05, 3.63) is 77.9 Å². The summed E-state index contributed by atoms with van der Waals surface area (Å²) in [5, 5.41) is 3.20. The molecule has 0 bridgehead atoms. The first-order chi connectivity index (χ1) is 19.1. The number of carbonyl (C=O) groups excluding carboxylic acids is 2. The monoisotopic (exact) mass is 528 g/mol. The average molecular weight is 529 g/mol. The first-order valence-corrected chi connectivity index (χ1v) is 14.5. The minimum atomic E-state index is -0.146. The number of benzene rings is 1. The summed E-state index contributed by atoms with van der Waals surface area (Å²) in [7, 11) is 0. The summed E-state index contributed by atoms with van der Waals surface area (Å²) in [5.41, 5.74) is 3.17. The molecule has 2 aromatic heterocycles. The highest BCUT2D eigenvalue weighted by Gasteiger charge is 2.32. The fraction of sp³-hybridized carbons (Fsp3) is 0.469. The van der Waals surface area contributed by atoms with Gasteiger partial charge in [-0.15, -0.1) is 0 Å². The SMILES string of the molecule is Cc1ccc(N(C(=O)c2ccco2)C2CCN(CCc3ccccc3NC(=O)CC3CCCCC3)CC2)nc1. The van der Waals surface area contributed by atoms with Crippen molar-refractivity contribution < 1.29 is 14.0 Å². The van der Waals surface area contributed by atoms with Gasteiger partial charge in [0.25, 0.3) is 5.91 Å². The maximum absolute atomic E-state index is 13.4. The van der Waals surface area contributed by atoms with Gasteiger partial charge in [-0.3, -0.25) is 14.5 Å². The normalized spacial score (nSPS) is 17.2. The van der Waals surface area contributed by atoms with E-state index in [4.69, 9.17) is 4.42 Å². The Bertz CT molecular complexity index is 1210. The molecular formula is C32H40N4O3. The van der Waals surface area contributed by atoms with Gasteiger partial charge in [0.1, 0.15) is 5.82 Å². The van der Waals surface area contributed by atoms with Crippen LogP contribution in [0.25, 0.3) is 0 Å². The standard InChI is InChI=1S/C32H40N4O3/c1-24-13-14-30(33-23-24)36(32(38)29-12-7-21-39-29)27-16-19-35(20-17-27)18-15-26-10-5-6-11-28(26)34-31(37)22-25-8-3-2-4-9-25/h5-7,10-14,21,23,25,27H,2-4,8-9,15-20,22H2,1H3,(H,34,37). The number of hydrogen-bond acceptors (Lipinski definition) is 5. The highest BCUT2D eigenvalue weighted by Crippen LogP contribution is 2.28. The molecule has 1 aromatic carbocycles. The van der Waals surface area contributed by atoms with Gasteiger partial charge in [-0.1, -0.05) is 43.5 Å². The van der Waals surface area contributed by atoms with Crippen molar-refractivity contribution in [3.63, 3.8) is 0 Å². The second kappa shape index (κ2) is 13.1. The summed E-state index contributed by atoms with van der Waals surface area (Å²) >= 11 is 0. The van der Waals surface area contributed by atoms with E-state index in [-0.39, 0.29) is 17.9 Å². The van der Waals surface area contributed by atoms with Crippen molar-refractivity contribution in [2.24, 2.45) is 5.92 Å². The van der Waals surface area contributed by atoms with Crippen LogP contribution in [0, 0.1) is 12.8 Å². The molecule has 3 aromatic rings. The number of furan rings is 1. The molecule has 1 N–H and O–H groups in total. The van der Waals surface area contributed by atoms with Crippen molar-refractivity contribution in [2.45, 2.75) is 70.8 Å². The van der Waals surface area contributed by atoms with Crippen molar-refractivity contribution in [1.29, 1.82) is 0 Å². The fourth-order valence-electron chi connectivity index (χ4n) is 5.97. The van der Waals surface area contributed by atoms with Crippen LogP contribution in [0.1, 0.15) is 73.0 Å². The van der Waals surface area contributed by atoms with Crippen LogP contribution in [0.2, 0.25) is 0 Å². The largest absolute Gasteiger partial charge is 0.459 e. The zero-order valence-corrected chi connectivity index (χ0v) is 23.0. The zero-order valence-electron chi connectivity index (χ0n) is 23.0. The van der Waals surface area contributed by atoms with Crippen LogP contribution in [0.15, 0.2) is 65.4 Å². The van der Waals surface area contributed by atoms with Crippen LogP contribution >= 0.6 is 0 Å². The molecule has 3 heterocycles. The van der Waals surface area contributed by atoms with E-state index < -0.39 is 0 Å². The molecule has 2 aliphatic rings. The molecule has 0 spiro atoms. The predicted molar refractivity (Wildman–Crippen MR) is 154 cm³/mol. The number of aromatic nitrogens is 1. The van der Waals surface area contributed by atoms with E-state index in [2.05, 4.69) is 21.3 Å². The second-order valence-corrected chi connectivity index (χ2v) is 11.1. The number of piperidine rings is 1. The number of rotatable bonds is 9. The first kappa shape index (κ1) is 27.1. The van der Waals surface area contributed by atoms with Crippen molar-refractivity contribution in [3.8, 4) is 0 Å². The number of pyridine rings is 1. The average Bonchev–Trinajstić information content (AvgIpc) is 3.50. The quantitative estimate of drug-likeness (QED) is 0.355. The third-order valence-corrected chi connectivity index (χ3v) is 8.20. The lowest BCUT2D eigenvalue weighted by atomic mass is 9.87. The molecule has 0 atom stereocenters. The summed E-state index contributed by atoms with van der Waals surface area (Å²) in [6, 6.07) is 15.6. The summed E-state index contributed by atoms with van der Waals surface area (Å²) in [6.45, 7) is 4.70. The molecule has 2 amide bonds. The Morgan fingerprint density at radius 2 is 1.79 bits per heavy atom. The minimum Gasteiger partial charge on any atom is -0.459 e. The highest BCUT2D eigenvalue weighted by atomic mass is 16.3. The Hall–Kier alpha value is -3.45. The first-order valence-electron chi connectivity index (χ1n) is 14.5. The maximum Gasteiger partial charge on any atom is 0.295 e. The van der Waals surface area contributed by atoms with Gasteiger partial charge in [0.2, 0.25) is 5.91 Å². The molecule has 1 saturated carbocycles. The van der Waals surface area contributed by atoms with Crippen LogP contribution < -0.4 is 10.2 Å². The van der Waals surface area contributed by atoms with Crippen molar-refractivity contribution in [1.82, 2.24) is 9.88 Å². The molecular weight excluding hydrogens is 488 g/mol. The maximum atomic E-state index is 13.4. The molecule has 2 fully saturated rings. The van der Waals surface area contributed by atoms with E-state index >= 15 is 0 Å². The molecule has 0 radical (unpaired) electrons. The molecule has 1 aliphatic heterocycles. The third-order valence-electron chi connectivity index (χ3n) is 8.20. The topological polar surface area (TPSA) is 78.7 Å². The number of carbonyl (C=O) groups is 2. The van der Waals surface area contributed by atoms with Gasteiger partial charge in [0.15, 0.2) is 5.76 Å². The van der Waals surface area contributed by atoms with Gasteiger partial charge in [-0.25, -0.2) is 4.98 Å². The Balaban J connectivity index is 1.17. The van der Waals surface area contributed by atoms with Gasteiger partial charge < -0.3 is 14.6 Å². The van der Waals surface area contributed by atoms with Gasteiger partial charge in [-0.2, -0.15) is 0 Å². The molecule has 7 nitrogen and oxygen atoms in total. The predicted octanol–water partition coefficient (Wildman–Crippen LogP) is 6.25. The number of para-hydroxylation sites is 1. The second-order valence-electron chi connectivity index (χ2n) is 11.1. The van der Waals surface area contributed by atoms with Crippen molar-refractivity contribution in [2.75, 3.05) is 29.9 Å². The number of likely N-dealkylation sites (tertiary alicyclic amines) is 1. The molecule has 1 saturated heterocycles. The number of nitrogens with zero attached hydrogens (tertiary/aromatic N) is 3. The molecule has 39 heavy (non-hydrogen) atoms. The zero-order chi connectivity index (χ0) is 27.0. The summed E-state index contributed by atoms with van der Waals surface area (Å²) in [5.74, 6) is 1.52. The summed E-state index contributed by atoms with van der Waals surface area (Å²) in [4.78, 5) is 35.0. The smallest absolute Gasteiger partial charge is 0.295 e. The van der Waals surface area contributed by atoms with Crippen molar-refractivity contribution >= 4 is 23.3 Å². The Morgan fingerprint density at radius 1 is 1.00 bits per heavy atom. The number of hydrogen-bond donors (Lipinski definition) is 1. The Morgan fingerprint density at radius 3 is 2.51 bits per heavy atom. The molecule has 1 aliphatic carbocycles. The summed E-state index contributed by atoms with van der Waals surface area (Å²) in [6.07, 6.45) is 12.7. The molecule has 7 heteroatoms. The van der Waals surface area contributed by atoms with E-state index in [0.29, 0.717) is 23.9 Å². The highest BCUT2D eigenvalue weighted by molar-refractivity contribution is 6.04. The van der Waals surface area contributed by atoms with E-state index in [1.807, 2.05) is 42.2 Å². The van der Waals surface area contributed by atoms with E-state index in [1.54, 1.807) is 18.3 Å². The van der Waals surface area contributed by atoms with Crippen LogP contribution in [-0.2, 0) is 11.2 Å². The third kappa shape index (κ3) is 7.15. The van der Waals surface area contributed by atoms with Gasteiger partial charge >= 0.3 is 0 Å². The lowest BCUT2D eigenvalue weighted by Gasteiger charge is -2.37. The Kier molecular flexibility index (Phi) is 9.09. The number of nitrogens with one attached hydrogen (secondary N) is 1. The minimum absolute atomic E-state index is 0.0559. The molecule has 206 valence electrons. The van der Waals surface area contributed by atoms with E-state index in [0.717, 1.165) is 50.1 Å². The van der Waals surface area contributed by atoms with Crippen LogP contribution in [0.3, 0.4) is 0 Å². The fourth-order valence-corrected chi connectivity index (χ4v) is 5.97. The van der Waals surface area contributed by atoms with Crippen LogP contribution in [0.5, 0.6) is 0 Å². The summed E-state index contributed by atoms with van der Waals surface area (Å²) < 4.78 is 5.44. The number of amides is 2.